The number of ether oxygens (including phenoxy) is 2. The number of rotatable bonds is 4. The molecule has 2 aliphatic rings. The van der Waals surface area contributed by atoms with Crippen molar-refractivity contribution in [2.45, 2.75) is 18.7 Å². The summed E-state index contributed by atoms with van der Waals surface area (Å²) in [5, 5.41) is 7.50. The molecule has 0 radical (unpaired) electrons. The molecule has 2 N–H and O–H groups in total. The number of thiocarbonyl (C=S) groups is 1. The van der Waals surface area contributed by atoms with Crippen molar-refractivity contribution < 1.29 is 14.3 Å². The lowest BCUT2D eigenvalue weighted by Gasteiger charge is -2.56. The van der Waals surface area contributed by atoms with E-state index in [1.54, 1.807) is 31.4 Å². The van der Waals surface area contributed by atoms with Crippen molar-refractivity contribution in [1.82, 2.24) is 5.32 Å². The van der Waals surface area contributed by atoms with Crippen LogP contribution in [0.25, 0.3) is 0 Å². The number of nitrogens with zero attached hydrogens (tertiary/aromatic N) is 1. The number of hydrogen-bond donors (Lipinski definition) is 2. The topological polar surface area (TPSA) is 62.8 Å². The number of para-hydroxylation sites is 1. The molecule has 2 aliphatic heterocycles. The summed E-state index contributed by atoms with van der Waals surface area (Å²) in [5.41, 5.74) is 1.26. The average molecular weight is 480 g/mol. The van der Waals surface area contributed by atoms with Crippen molar-refractivity contribution in [3.05, 3.63) is 83.4 Å². The second-order valence-electron chi connectivity index (χ2n) is 8.13. The first-order valence-electron chi connectivity index (χ1n) is 10.5. The molecule has 3 aromatic rings. The van der Waals surface area contributed by atoms with Crippen LogP contribution >= 0.6 is 23.8 Å². The first kappa shape index (κ1) is 21.6. The van der Waals surface area contributed by atoms with Gasteiger partial charge in [-0.05, 0) is 73.7 Å². The van der Waals surface area contributed by atoms with E-state index in [1.165, 1.54) is 0 Å². The Morgan fingerprint density at radius 1 is 1.12 bits per heavy atom. The lowest BCUT2D eigenvalue weighted by molar-refractivity contribution is -0.130. The maximum absolute atomic E-state index is 13.7. The van der Waals surface area contributed by atoms with Gasteiger partial charge < -0.3 is 20.1 Å². The van der Waals surface area contributed by atoms with E-state index in [1.807, 2.05) is 60.4 Å². The summed E-state index contributed by atoms with van der Waals surface area (Å²) >= 11 is 11.8. The highest BCUT2D eigenvalue weighted by atomic mass is 35.5. The van der Waals surface area contributed by atoms with Gasteiger partial charge in [-0.2, -0.15) is 0 Å². The molecule has 3 aromatic carbocycles. The van der Waals surface area contributed by atoms with Crippen LogP contribution in [0.2, 0.25) is 5.02 Å². The molecule has 2 bridgehead atoms. The van der Waals surface area contributed by atoms with Crippen LogP contribution in [0, 0.1) is 5.92 Å². The van der Waals surface area contributed by atoms with Gasteiger partial charge in [-0.3, -0.25) is 9.69 Å². The zero-order valence-corrected chi connectivity index (χ0v) is 19.6. The third kappa shape index (κ3) is 3.67. The molecular formula is C25H22ClN3O3S. The van der Waals surface area contributed by atoms with Gasteiger partial charge in [-0.25, -0.2) is 0 Å². The minimum atomic E-state index is -1.08. The van der Waals surface area contributed by atoms with Crippen LogP contribution in [-0.4, -0.2) is 23.9 Å². The smallest absolute Gasteiger partial charge is 0.236 e. The number of amides is 1. The summed E-state index contributed by atoms with van der Waals surface area (Å²) < 4.78 is 11.9. The maximum atomic E-state index is 13.7. The summed E-state index contributed by atoms with van der Waals surface area (Å²) in [5.74, 6) is 0.642. The Labute approximate surface area is 202 Å². The van der Waals surface area contributed by atoms with Crippen LogP contribution < -0.4 is 25.0 Å². The van der Waals surface area contributed by atoms with Crippen LogP contribution in [0.3, 0.4) is 0 Å². The van der Waals surface area contributed by atoms with E-state index < -0.39 is 11.6 Å². The Balaban J connectivity index is 1.59. The number of nitrogens with one attached hydrogen (secondary N) is 2. The fourth-order valence-electron chi connectivity index (χ4n) is 4.60. The Hall–Kier alpha value is -3.29. The van der Waals surface area contributed by atoms with E-state index in [0.717, 1.165) is 17.0 Å². The molecule has 2 heterocycles. The summed E-state index contributed by atoms with van der Waals surface area (Å²) in [6, 6.07) is 21.9. The largest absolute Gasteiger partial charge is 0.497 e. The van der Waals surface area contributed by atoms with Crippen molar-refractivity contribution in [3.63, 3.8) is 0 Å². The van der Waals surface area contributed by atoms with Crippen molar-refractivity contribution in [1.29, 1.82) is 0 Å². The molecule has 8 heteroatoms. The van der Waals surface area contributed by atoms with Crippen LogP contribution in [0.4, 0.5) is 11.4 Å². The molecular weight excluding hydrogens is 458 g/mol. The van der Waals surface area contributed by atoms with Crippen LogP contribution in [0.1, 0.15) is 18.5 Å². The summed E-state index contributed by atoms with van der Waals surface area (Å²) in [7, 11) is 1.62. The minimum Gasteiger partial charge on any atom is -0.497 e. The summed E-state index contributed by atoms with van der Waals surface area (Å²) in [4.78, 5) is 15.6. The number of hydrogen-bond acceptors (Lipinski definition) is 4. The fourth-order valence-corrected chi connectivity index (χ4v) is 5.14. The van der Waals surface area contributed by atoms with Gasteiger partial charge in [-0.15, -0.1) is 0 Å². The van der Waals surface area contributed by atoms with Gasteiger partial charge in [0.2, 0.25) is 5.91 Å². The van der Waals surface area contributed by atoms with E-state index in [9.17, 15) is 4.79 Å². The Bertz CT molecular complexity index is 1220. The van der Waals surface area contributed by atoms with Gasteiger partial charge in [0.05, 0.1) is 13.2 Å². The minimum absolute atomic E-state index is 0.187. The lowest BCUT2D eigenvalue weighted by Crippen LogP contribution is -2.72. The molecule has 0 aromatic heterocycles. The Morgan fingerprint density at radius 3 is 2.52 bits per heavy atom. The molecule has 0 aliphatic carbocycles. The molecule has 5 rings (SSSR count). The first-order chi connectivity index (χ1) is 15.9. The van der Waals surface area contributed by atoms with Gasteiger partial charge in [0.1, 0.15) is 17.4 Å². The van der Waals surface area contributed by atoms with E-state index in [0.29, 0.717) is 21.6 Å². The SMILES string of the molecule is COc1ccc(N2C(=S)N[C@@H]3c4ccccc4O[C@]2(C)[C@@H]3C(=O)Nc2ccc(Cl)cc2)cc1. The van der Waals surface area contributed by atoms with Gasteiger partial charge in [0.15, 0.2) is 10.8 Å². The molecule has 1 saturated heterocycles. The van der Waals surface area contributed by atoms with Gasteiger partial charge in [-0.1, -0.05) is 29.8 Å². The number of carbonyl (C=O) groups is 1. The monoisotopic (exact) mass is 479 g/mol. The third-order valence-electron chi connectivity index (χ3n) is 6.13. The molecule has 6 nitrogen and oxygen atoms in total. The maximum Gasteiger partial charge on any atom is 0.236 e. The first-order valence-corrected chi connectivity index (χ1v) is 11.3. The molecule has 3 atom stereocenters. The molecule has 0 spiro atoms. The van der Waals surface area contributed by atoms with Crippen molar-refractivity contribution in [2.24, 2.45) is 5.92 Å². The molecule has 1 fully saturated rings. The average Bonchev–Trinajstić information content (AvgIpc) is 2.80. The zero-order chi connectivity index (χ0) is 23.2. The molecule has 0 unspecified atom stereocenters. The summed E-state index contributed by atoms with van der Waals surface area (Å²) in [6.07, 6.45) is 0. The van der Waals surface area contributed by atoms with Gasteiger partial charge >= 0.3 is 0 Å². The highest BCUT2D eigenvalue weighted by molar-refractivity contribution is 7.80. The highest BCUT2D eigenvalue weighted by Crippen LogP contribution is 2.49. The van der Waals surface area contributed by atoms with Gasteiger partial charge in [0.25, 0.3) is 0 Å². The van der Waals surface area contributed by atoms with E-state index >= 15 is 0 Å². The normalized spacial score (nSPS) is 23.1. The Morgan fingerprint density at radius 2 is 1.82 bits per heavy atom. The van der Waals surface area contributed by atoms with E-state index in [4.69, 9.17) is 33.3 Å². The predicted octanol–water partition coefficient (Wildman–Crippen LogP) is 5.15. The lowest BCUT2D eigenvalue weighted by atomic mass is 9.78. The van der Waals surface area contributed by atoms with Crippen LogP contribution in [-0.2, 0) is 4.79 Å². The second-order valence-corrected chi connectivity index (χ2v) is 8.95. The third-order valence-corrected chi connectivity index (χ3v) is 6.68. The van der Waals surface area contributed by atoms with Crippen molar-refractivity contribution in [2.75, 3.05) is 17.3 Å². The fraction of sp³-hybridized carbons (Fsp3) is 0.200. The Kier molecular flexibility index (Phi) is 5.38. The number of anilines is 2. The number of fused-ring (bicyclic) bond motifs is 4. The quantitative estimate of drug-likeness (QED) is 0.505. The standard InChI is InChI=1S/C25H22ClN3O3S/c1-25-21(23(30)27-16-9-7-15(26)8-10-16)22(19-5-3-4-6-20(19)32-25)28-24(33)29(25)17-11-13-18(31-2)14-12-17/h3-14,21-22H,1-2H3,(H,27,30)(H,28,33)/t21-,22+,25+/m0/s1. The number of methoxy groups -OCH3 is 1. The van der Waals surface area contributed by atoms with E-state index in [-0.39, 0.29) is 11.9 Å². The van der Waals surface area contributed by atoms with E-state index in [2.05, 4.69) is 10.6 Å². The number of carbonyl (C=O) groups excluding carboxylic acids is 1. The highest BCUT2D eigenvalue weighted by Gasteiger charge is 2.59. The molecule has 1 amide bonds. The van der Waals surface area contributed by atoms with Gasteiger partial charge in [0, 0.05) is 22.0 Å². The zero-order valence-electron chi connectivity index (χ0n) is 18.0. The van der Waals surface area contributed by atoms with Crippen LogP contribution in [0.5, 0.6) is 11.5 Å². The molecule has 168 valence electrons. The molecule has 33 heavy (non-hydrogen) atoms. The molecule has 0 saturated carbocycles. The predicted molar refractivity (Wildman–Crippen MR) is 133 cm³/mol. The van der Waals surface area contributed by atoms with Crippen molar-refractivity contribution >= 4 is 46.2 Å². The van der Waals surface area contributed by atoms with Crippen molar-refractivity contribution in [3.8, 4) is 11.5 Å². The number of halogens is 1. The number of benzene rings is 3. The second kappa shape index (κ2) is 8.24. The van der Waals surface area contributed by atoms with Crippen LogP contribution in [0.15, 0.2) is 72.8 Å². The summed E-state index contributed by atoms with van der Waals surface area (Å²) in [6.45, 7) is 1.90.